The van der Waals surface area contributed by atoms with E-state index in [0.717, 1.165) is 50.4 Å². The summed E-state index contributed by atoms with van der Waals surface area (Å²) in [5.74, 6) is -0.963. The molecule has 1 saturated carbocycles. The molecule has 21 heavy (non-hydrogen) atoms. The third-order valence-electron chi connectivity index (χ3n) is 4.31. The van der Waals surface area contributed by atoms with Gasteiger partial charge in [-0.05, 0) is 49.8 Å². The van der Waals surface area contributed by atoms with Crippen LogP contribution in [0.1, 0.15) is 46.5 Å². The zero-order valence-corrected chi connectivity index (χ0v) is 13.1. The van der Waals surface area contributed by atoms with Crippen molar-refractivity contribution in [1.82, 2.24) is 5.32 Å². The largest absolute Gasteiger partial charge is 0.486 e. The first kappa shape index (κ1) is 16.2. The third kappa shape index (κ3) is 3.94. The number of rotatable bonds is 5. The molecule has 1 aromatic carbocycles. The molecule has 2 atom stereocenters. The van der Waals surface area contributed by atoms with Gasteiger partial charge in [-0.25, -0.2) is 8.78 Å². The zero-order chi connectivity index (χ0) is 15.5. The van der Waals surface area contributed by atoms with E-state index in [4.69, 9.17) is 4.74 Å². The lowest BCUT2D eigenvalue weighted by molar-refractivity contribution is 0.0339. The molecule has 2 unspecified atom stereocenters. The van der Waals surface area contributed by atoms with E-state index in [2.05, 4.69) is 26.1 Å². The quantitative estimate of drug-likeness (QED) is 0.875. The maximum atomic E-state index is 13.8. The van der Waals surface area contributed by atoms with Crippen molar-refractivity contribution in [1.29, 1.82) is 0 Å². The predicted molar refractivity (Wildman–Crippen MR) is 80.5 cm³/mol. The highest BCUT2D eigenvalue weighted by atomic mass is 19.1. The van der Waals surface area contributed by atoms with Crippen LogP contribution in [0.3, 0.4) is 0 Å². The van der Waals surface area contributed by atoms with Gasteiger partial charge < -0.3 is 10.1 Å². The minimum absolute atomic E-state index is 0.0148. The summed E-state index contributed by atoms with van der Waals surface area (Å²) in [4.78, 5) is 0. The van der Waals surface area contributed by atoms with E-state index in [1.807, 2.05) is 0 Å². The van der Waals surface area contributed by atoms with Crippen molar-refractivity contribution in [2.75, 3.05) is 6.54 Å². The predicted octanol–water partition coefficient (Wildman–Crippen LogP) is 4.29. The Morgan fingerprint density at radius 3 is 2.81 bits per heavy atom. The van der Waals surface area contributed by atoms with Gasteiger partial charge in [0.05, 0.1) is 0 Å². The topological polar surface area (TPSA) is 21.3 Å². The van der Waals surface area contributed by atoms with Crippen molar-refractivity contribution in [2.24, 2.45) is 5.41 Å². The maximum Gasteiger partial charge on any atom is 0.165 e. The Bertz CT molecular complexity index is 476. The number of hydrogen-bond donors (Lipinski definition) is 1. The van der Waals surface area contributed by atoms with Crippen LogP contribution in [0.25, 0.3) is 0 Å². The standard InChI is InChI=1S/C17H25F2NO/c1-4-10-20-16-14(6-5-9-17(16,2)3)21-15-11-12(18)7-8-13(15)19/h7-8,11,14,16,20H,4-6,9-10H2,1-3H3. The van der Waals surface area contributed by atoms with Crippen LogP contribution in [0.2, 0.25) is 0 Å². The van der Waals surface area contributed by atoms with Crippen LogP contribution in [0.15, 0.2) is 18.2 Å². The first-order valence-corrected chi connectivity index (χ1v) is 7.79. The number of ether oxygens (including phenoxy) is 1. The molecule has 118 valence electrons. The van der Waals surface area contributed by atoms with Gasteiger partial charge in [0.1, 0.15) is 11.9 Å². The summed E-state index contributed by atoms with van der Waals surface area (Å²) in [6.07, 6.45) is 3.92. The first-order valence-electron chi connectivity index (χ1n) is 7.79. The van der Waals surface area contributed by atoms with Gasteiger partial charge in [-0.2, -0.15) is 0 Å². The van der Waals surface area contributed by atoms with Crippen molar-refractivity contribution in [3.63, 3.8) is 0 Å². The highest BCUT2D eigenvalue weighted by Crippen LogP contribution is 2.37. The van der Waals surface area contributed by atoms with E-state index < -0.39 is 11.6 Å². The van der Waals surface area contributed by atoms with E-state index in [-0.39, 0.29) is 23.3 Å². The zero-order valence-electron chi connectivity index (χ0n) is 13.1. The van der Waals surface area contributed by atoms with Crippen LogP contribution < -0.4 is 10.1 Å². The second kappa shape index (κ2) is 6.73. The van der Waals surface area contributed by atoms with E-state index in [9.17, 15) is 8.78 Å². The van der Waals surface area contributed by atoms with E-state index >= 15 is 0 Å². The minimum atomic E-state index is -0.506. The van der Waals surface area contributed by atoms with Gasteiger partial charge in [-0.3, -0.25) is 0 Å². The Morgan fingerprint density at radius 1 is 1.33 bits per heavy atom. The fourth-order valence-electron chi connectivity index (χ4n) is 3.15. The second-order valence-corrected chi connectivity index (χ2v) is 6.54. The van der Waals surface area contributed by atoms with E-state index in [0.29, 0.717) is 0 Å². The number of benzene rings is 1. The Labute approximate surface area is 125 Å². The molecule has 2 rings (SSSR count). The minimum Gasteiger partial charge on any atom is -0.486 e. The van der Waals surface area contributed by atoms with Crippen LogP contribution in [-0.2, 0) is 0 Å². The van der Waals surface area contributed by atoms with Crippen LogP contribution in [0.4, 0.5) is 8.78 Å². The van der Waals surface area contributed by atoms with E-state index in [1.165, 1.54) is 0 Å². The van der Waals surface area contributed by atoms with Crippen LogP contribution in [0, 0.1) is 17.0 Å². The van der Waals surface area contributed by atoms with Gasteiger partial charge >= 0.3 is 0 Å². The molecule has 1 aromatic rings. The SMILES string of the molecule is CCCNC1C(Oc2cc(F)ccc2F)CCCC1(C)C. The Kier molecular flexibility index (Phi) is 5.20. The Morgan fingerprint density at radius 2 is 2.10 bits per heavy atom. The molecule has 4 heteroatoms. The lowest BCUT2D eigenvalue weighted by Crippen LogP contribution is -2.54. The maximum absolute atomic E-state index is 13.8. The second-order valence-electron chi connectivity index (χ2n) is 6.54. The lowest BCUT2D eigenvalue weighted by atomic mass is 9.71. The summed E-state index contributed by atoms with van der Waals surface area (Å²) >= 11 is 0. The lowest BCUT2D eigenvalue weighted by Gasteiger charge is -2.44. The summed E-state index contributed by atoms with van der Waals surface area (Å²) in [6, 6.07) is 3.51. The van der Waals surface area contributed by atoms with Gasteiger partial charge in [0.25, 0.3) is 0 Å². The Hall–Kier alpha value is -1.16. The summed E-state index contributed by atoms with van der Waals surface area (Å²) in [5.41, 5.74) is 0.0852. The highest BCUT2D eigenvalue weighted by Gasteiger charge is 2.40. The molecule has 0 spiro atoms. The molecule has 1 aliphatic carbocycles. The first-order chi connectivity index (χ1) is 9.94. The molecular formula is C17H25F2NO. The highest BCUT2D eigenvalue weighted by molar-refractivity contribution is 5.25. The van der Waals surface area contributed by atoms with Gasteiger partial charge in [0.2, 0.25) is 0 Å². The normalized spacial score (nSPS) is 24.8. The summed E-state index contributed by atoms with van der Waals surface area (Å²) in [5, 5.41) is 3.52. The summed E-state index contributed by atoms with van der Waals surface area (Å²) < 4.78 is 32.9. The molecule has 1 fully saturated rings. The average Bonchev–Trinajstić information content (AvgIpc) is 2.41. The average molecular weight is 297 g/mol. The molecule has 0 amide bonds. The molecule has 0 aliphatic heterocycles. The van der Waals surface area contributed by atoms with Crippen molar-refractivity contribution >= 4 is 0 Å². The number of hydrogen-bond acceptors (Lipinski definition) is 2. The molecule has 1 aliphatic rings. The van der Waals surface area contributed by atoms with E-state index in [1.54, 1.807) is 0 Å². The molecule has 1 N–H and O–H groups in total. The Balaban J connectivity index is 2.17. The van der Waals surface area contributed by atoms with Crippen LogP contribution in [-0.4, -0.2) is 18.7 Å². The number of nitrogens with one attached hydrogen (secondary N) is 1. The molecule has 0 heterocycles. The van der Waals surface area contributed by atoms with Gasteiger partial charge in [0, 0.05) is 12.1 Å². The van der Waals surface area contributed by atoms with Gasteiger partial charge in [-0.15, -0.1) is 0 Å². The smallest absolute Gasteiger partial charge is 0.165 e. The number of halogens is 2. The molecular weight excluding hydrogens is 272 g/mol. The van der Waals surface area contributed by atoms with Crippen LogP contribution in [0.5, 0.6) is 5.75 Å². The van der Waals surface area contributed by atoms with Gasteiger partial charge in [-0.1, -0.05) is 20.8 Å². The van der Waals surface area contributed by atoms with Crippen LogP contribution >= 0.6 is 0 Å². The third-order valence-corrected chi connectivity index (χ3v) is 4.31. The fourth-order valence-corrected chi connectivity index (χ4v) is 3.15. The molecule has 2 nitrogen and oxygen atoms in total. The molecule has 0 aromatic heterocycles. The molecule has 0 saturated heterocycles. The fraction of sp³-hybridized carbons (Fsp3) is 0.647. The molecule has 0 radical (unpaired) electrons. The monoisotopic (exact) mass is 297 g/mol. The van der Waals surface area contributed by atoms with Gasteiger partial charge in [0.15, 0.2) is 11.6 Å². The van der Waals surface area contributed by atoms with Crippen molar-refractivity contribution in [3.8, 4) is 5.75 Å². The summed E-state index contributed by atoms with van der Waals surface area (Å²) in [7, 11) is 0. The summed E-state index contributed by atoms with van der Waals surface area (Å²) in [6.45, 7) is 7.43. The van der Waals surface area contributed by atoms with Crippen molar-refractivity contribution in [2.45, 2.75) is 58.6 Å². The van der Waals surface area contributed by atoms with Crippen molar-refractivity contribution in [3.05, 3.63) is 29.8 Å². The van der Waals surface area contributed by atoms with Crippen molar-refractivity contribution < 1.29 is 13.5 Å². The molecule has 0 bridgehead atoms.